The molecule has 2 aliphatic rings. The predicted octanol–water partition coefficient (Wildman–Crippen LogP) is 4.11. The summed E-state index contributed by atoms with van der Waals surface area (Å²) < 4.78 is 17.4. The highest BCUT2D eigenvalue weighted by molar-refractivity contribution is 9.10. The number of benzene rings is 2. The molecule has 9 heteroatoms. The minimum Gasteiger partial charge on any atom is -0.503 e. The maximum atomic E-state index is 13.7. The van der Waals surface area contributed by atoms with Crippen LogP contribution in [0.1, 0.15) is 22.2 Å². The highest BCUT2D eigenvalue weighted by Crippen LogP contribution is 2.40. The summed E-state index contributed by atoms with van der Waals surface area (Å²) in [7, 11) is 1.53. The topological polar surface area (TPSA) is 92.5 Å². The number of fused-ring (bicyclic) bond motifs is 1. The Morgan fingerprint density at radius 1 is 1.14 bits per heavy atom. The monoisotopic (exact) mass is 540 g/mol. The lowest BCUT2D eigenvalue weighted by Gasteiger charge is -2.31. The van der Waals surface area contributed by atoms with E-state index in [1.165, 1.54) is 7.11 Å². The van der Waals surface area contributed by atoms with Crippen molar-refractivity contribution in [3.8, 4) is 5.75 Å². The number of Topliss-reactive ketones (excluding diaryl/α,β-unsaturated/α-hetero) is 1. The van der Waals surface area contributed by atoms with E-state index >= 15 is 0 Å². The Labute approximate surface area is 210 Å². The number of rotatable bonds is 7. The lowest BCUT2D eigenvalue weighted by Crippen LogP contribution is -2.43. The van der Waals surface area contributed by atoms with Crippen LogP contribution in [-0.2, 0) is 9.53 Å². The number of furan rings is 1. The molecule has 1 amide bonds. The van der Waals surface area contributed by atoms with Gasteiger partial charge in [-0.1, -0.05) is 40.2 Å². The minimum atomic E-state index is -0.747. The number of para-hydroxylation sites is 1. The van der Waals surface area contributed by atoms with E-state index in [0.717, 1.165) is 23.1 Å². The Hall–Kier alpha value is -3.14. The zero-order chi connectivity index (χ0) is 24.5. The molecule has 3 aromatic rings. The molecule has 1 N–H and O–H groups in total. The Kier molecular flexibility index (Phi) is 6.64. The number of methoxy groups -OCH3 is 1. The van der Waals surface area contributed by atoms with Gasteiger partial charge >= 0.3 is 0 Å². The summed E-state index contributed by atoms with van der Waals surface area (Å²) in [5.41, 5.74) is 1.16. The number of amides is 1. The van der Waals surface area contributed by atoms with Crippen molar-refractivity contribution in [2.75, 3.05) is 46.5 Å². The summed E-state index contributed by atoms with van der Waals surface area (Å²) in [6.07, 6.45) is 0. The number of nitrogens with zero attached hydrogens (tertiary/aromatic N) is 2. The molecule has 8 nitrogen and oxygen atoms in total. The summed E-state index contributed by atoms with van der Waals surface area (Å²) in [5.74, 6) is -1.12. The molecule has 1 unspecified atom stereocenters. The van der Waals surface area contributed by atoms with Gasteiger partial charge in [0.05, 0.1) is 31.9 Å². The van der Waals surface area contributed by atoms with E-state index < -0.39 is 23.5 Å². The largest absolute Gasteiger partial charge is 0.503 e. The number of ether oxygens (including phenoxy) is 2. The lowest BCUT2D eigenvalue weighted by atomic mass is 9.95. The van der Waals surface area contributed by atoms with Crippen molar-refractivity contribution in [1.29, 1.82) is 0 Å². The molecule has 182 valence electrons. The summed E-state index contributed by atoms with van der Waals surface area (Å²) >= 11 is 3.48. The fraction of sp³-hybridized carbons (Fsp3) is 0.308. The smallest absolute Gasteiger partial charge is 0.290 e. The molecule has 2 aromatic carbocycles. The van der Waals surface area contributed by atoms with Crippen molar-refractivity contribution in [2.45, 2.75) is 6.04 Å². The zero-order valence-electron chi connectivity index (χ0n) is 19.2. The van der Waals surface area contributed by atoms with E-state index in [0.29, 0.717) is 43.0 Å². The van der Waals surface area contributed by atoms with Crippen LogP contribution < -0.4 is 4.74 Å². The highest BCUT2D eigenvalue weighted by atomic mass is 79.9. The molecule has 0 aliphatic carbocycles. The molecule has 1 fully saturated rings. The molecule has 1 aromatic heterocycles. The maximum Gasteiger partial charge on any atom is 0.290 e. The third kappa shape index (κ3) is 4.47. The molecule has 0 saturated carbocycles. The van der Waals surface area contributed by atoms with Crippen LogP contribution in [0.5, 0.6) is 5.75 Å². The van der Waals surface area contributed by atoms with Crippen molar-refractivity contribution >= 4 is 38.6 Å². The van der Waals surface area contributed by atoms with Gasteiger partial charge in [-0.05, 0) is 29.8 Å². The Morgan fingerprint density at radius 3 is 2.66 bits per heavy atom. The van der Waals surface area contributed by atoms with Gasteiger partial charge < -0.3 is 23.9 Å². The number of hydrogen-bond donors (Lipinski definition) is 1. The van der Waals surface area contributed by atoms with Gasteiger partial charge in [-0.3, -0.25) is 14.5 Å². The highest BCUT2D eigenvalue weighted by Gasteiger charge is 2.44. The molecule has 2 aliphatic heterocycles. The van der Waals surface area contributed by atoms with Gasteiger partial charge in [-0.2, -0.15) is 0 Å². The van der Waals surface area contributed by atoms with Gasteiger partial charge in [-0.15, -0.1) is 0 Å². The van der Waals surface area contributed by atoms with E-state index in [4.69, 9.17) is 13.9 Å². The van der Waals surface area contributed by atoms with Crippen molar-refractivity contribution in [3.05, 3.63) is 75.7 Å². The number of carbonyl (C=O) groups is 2. The Bertz CT molecular complexity index is 1310. The average molecular weight is 541 g/mol. The number of aliphatic hydroxyl groups is 1. The lowest BCUT2D eigenvalue weighted by molar-refractivity contribution is -0.129. The van der Waals surface area contributed by atoms with Crippen LogP contribution in [0.2, 0.25) is 0 Å². The first-order chi connectivity index (χ1) is 17.0. The normalized spacial score (nSPS) is 19.1. The molecule has 1 saturated heterocycles. The third-order valence-electron chi connectivity index (χ3n) is 6.43. The summed E-state index contributed by atoms with van der Waals surface area (Å²) in [6, 6.07) is 13.6. The molecular formula is C26H25BrN2O6. The minimum absolute atomic E-state index is 0.00750. The van der Waals surface area contributed by atoms with Crippen molar-refractivity contribution in [1.82, 2.24) is 9.80 Å². The SMILES string of the molecule is COc1cccc2cc(C(=O)C3=C(O)C(=O)N(CCN4CCOCC4)C3c3cccc(Br)c3)oc12. The molecular weight excluding hydrogens is 516 g/mol. The van der Waals surface area contributed by atoms with E-state index in [9.17, 15) is 14.7 Å². The van der Waals surface area contributed by atoms with Gasteiger partial charge in [0.15, 0.2) is 22.9 Å². The van der Waals surface area contributed by atoms with Crippen molar-refractivity contribution < 1.29 is 28.6 Å². The van der Waals surface area contributed by atoms with Crippen LogP contribution in [0, 0.1) is 0 Å². The summed E-state index contributed by atoms with van der Waals surface area (Å²) in [5, 5.41) is 11.6. The van der Waals surface area contributed by atoms with E-state index in [2.05, 4.69) is 20.8 Å². The number of carbonyl (C=O) groups excluding carboxylic acids is 2. The van der Waals surface area contributed by atoms with Crippen LogP contribution in [0.3, 0.4) is 0 Å². The second kappa shape index (κ2) is 9.85. The van der Waals surface area contributed by atoms with Gasteiger partial charge in [0, 0.05) is 36.0 Å². The quantitative estimate of drug-likeness (QED) is 0.450. The predicted molar refractivity (Wildman–Crippen MR) is 133 cm³/mol. The molecule has 0 spiro atoms. The van der Waals surface area contributed by atoms with Crippen LogP contribution in [0.15, 0.2) is 68.8 Å². The number of hydrogen-bond acceptors (Lipinski definition) is 7. The molecule has 0 bridgehead atoms. The van der Waals surface area contributed by atoms with Crippen LogP contribution >= 0.6 is 15.9 Å². The Balaban J connectivity index is 1.52. The van der Waals surface area contributed by atoms with E-state index in [-0.39, 0.29) is 11.3 Å². The first-order valence-electron chi connectivity index (χ1n) is 11.4. The van der Waals surface area contributed by atoms with Crippen molar-refractivity contribution in [2.24, 2.45) is 0 Å². The fourth-order valence-electron chi connectivity index (χ4n) is 4.66. The van der Waals surface area contributed by atoms with E-state index in [1.807, 2.05) is 30.3 Å². The van der Waals surface area contributed by atoms with Crippen LogP contribution in [0.4, 0.5) is 0 Å². The second-order valence-electron chi connectivity index (χ2n) is 8.49. The fourth-order valence-corrected chi connectivity index (χ4v) is 5.07. The van der Waals surface area contributed by atoms with Gasteiger partial charge in [0.25, 0.3) is 5.91 Å². The standard InChI is InChI=1S/C26H25BrN2O6/c1-33-19-7-3-5-17-15-20(35-25(17)19)23(30)21-22(16-4-2-6-18(27)14-16)29(26(32)24(21)31)9-8-28-10-12-34-13-11-28/h2-7,14-15,22,31H,8-13H2,1H3. The molecule has 1 atom stereocenters. The van der Waals surface area contributed by atoms with Gasteiger partial charge in [-0.25, -0.2) is 0 Å². The number of morpholine rings is 1. The summed E-state index contributed by atoms with van der Waals surface area (Å²) in [4.78, 5) is 30.7. The number of halogens is 1. The first-order valence-corrected chi connectivity index (χ1v) is 12.2. The number of aliphatic hydroxyl groups excluding tert-OH is 1. The second-order valence-corrected chi connectivity index (χ2v) is 9.41. The van der Waals surface area contributed by atoms with Crippen LogP contribution in [-0.4, -0.2) is 73.1 Å². The molecule has 5 rings (SSSR count). The molecule has 3 heterocycles. The summed E-state index contributed by atoms with van der Waals surface area (Å²) in [6.45, 7) is 3.80. The zero-order valence-corrected chi connectivity index (χ0v) is 20.8. The third-order valence-corrected chi connectivity index (χ3v) is 6.92. The van der Waals surface area contributed by atoms with E-state index in [1.54, 1.807) is 23.1 Å². The number of ketones is 1. The van der Waals surface area contributed by atoms with Crippen LogP contribution in [0.25, 0.3) is 11.0 Å². The van der Waals surface area contributed by atoms with Gasteiger partial charge in [0.1, 0.15) is 0 Å². The van der Waals surface area contributed by atoms with Crippen molar-refractivity contribution in [3.63, 3.8) is 0 Å². The molecule has 0 radical (unpaired) electrons. The Morgan fingerprint density at radius 2 is 1.91 bits per heavy atom. The maximum absolute atomic E-state index is 13.7. The van der Waals surface area contributed by atoms with Gasteiger partial charge in [0.2, 0.25) is 5.78 Å². The first kappa shape index (κ1) is 23.6. The average Bonchev–Trinajstić information content (AvgIpc) is 3.42. The molecule has 35 heavy (non-hydrogen) atoms.